The molecule has 0 heterocycles. The topological polar surface area (TPSA) is 173 Å². The monoisotopic (exact) mass is 398 g/mol. The summed E-state index contributed by atoms with van der Waals surface area (Å²) in [7, 11) is 1.27. The lowest BCUT2D eigenvalue weighted by Crippen LogP contribution is -2.01. The number of methoxy groups -OCH3 is 1. The van der Waals surface area contributed by atoms with Crippen LogP contribution in [-0.2, 0) is 9.53 Å². The van der Waals surface area contributed by atoms with Gasteiger partial charge in [-0.15, -0.1) is 0 Å². The van der Waals surface area contributed by atoms with Crippen LogP contribution >= 0.6 is 11.6 Å². The number of nitrogen functional groups attached to an aromatic ring is 2. The van der Waals surface area contributed by atoms with Gasteiger partial charge in [0, 0.05) is 6.92 Å². The van der Waals surface area contributed by atoms with E-state index < -0.39 is 11.9 Å². The zero-order valence-corrected chi connectivity index (χ0v) is 15.2. The predicted octanol–water partition coefficient (Wildman–Crippen LogP) is 2.21. The lowest BCUT2D eigenvalue weighted by molar-refractivity contribution is -0.109. The Balaban J connectivity index is 0.000000421. The minimum atomic E-state index is -1.08. The number of anilines is 2. The first-order valence-corrected chi connectivity index (χ1v) is 7.52. The van der Waals surface area contributed by atoms with Gasteiger partial charge in [0.2, 0.25) is 5.24 Å². The van der Waals surface area contributed by atoms with Gasteiger partial charge in [-0.25, -0.2) is 9.59 Å². The van der Waals surface area contributed by atoms with Gasteiger partial charge in [-0.1, -0.05) is 0 Å². The molecule has 2 aromatic carbocycles. The van der Waals surface area contributed by atoms with Gasteiger partial charge in [0.15, 0.2) is 0 Å². The Kier molecular flexibility index (Phi) is 9.78. The second-order valence-electron chi connectivity index (χ2n) is 4.81. The van der Waals surface area contributed by atoms with E-state index >= 15 is 0 Å². The minimum absolute atomic E-state index is 0.0247. The largest absolute Gasteiger partial charge is 0.506 e. The number of phenols is 2. The van der Waals surface area contributed by atoms with Crippen molar-refractivity contribution >= 4 is 40.2 Å². The number of hydrogen-bond donors (Lipinski definition) is 5. The van der Waals surface area contributed by atoms with Crippen molar-refractivity contribution in [3.63, 3.8) is 0 Å². The van der Waals surface area contributed by atoms with Crippen molar-refractivity contribution in [3.8, 4) is 11.5 Å². The average molecular weight is 399 g/mol. The highest BCUT2D eigenvalue weighted by molar-refractivity contribution is 6.62. The molecule has 9 nitrogen and oxygen atoms in total. The van der Waals surface area contributed by atoms with Crippen molar-refractivity contribution < 1.29 is 34.4 Å². The quantitative estimate of drug-likeness (QED) is 0.220. The lowest BCUT2D eigenvalue weighted by atomic mass is 10.2. The van der Waals surface area contributed by atoms with Crippen LogP contribution in [0, 0.1) is 0 Å². The van der Waals surface area contributed by atoms with Gasteiger partial charge in [0.25, 0.3) is 0 Å². The van der Waals surface area contributed by atoms with E-state index in [4.69, 9.17) is 26.8 Å². The molecule has 0 amide bonds. The number of hydrogen-bond acceptors (Lipinski definition) is 8. The van der Waals surface area contributed by atoms with E-state index in [1.807, 2.05) is 0 Å². The molecule has 0 aliphatic heterocycles. The average Bonchev–Trinajstić information content (AvgIpc) is 2.59. The number of rotatable bonds is 2. The standard InChI is InChI=1S/C8H9NO3.C7H7NO3.C2H3ClO/c1-12-8(11)5-2-3-6(9)7(10)4-5;8-5-2-1-4(7(10)11)3-6(5)9;1-2(3)4/h2-4,10H,9H2,1H3;1-3,9H,8H2,(H,10,11);1H3. The first kappa shape index (κ1) is 23.5. The van der Waals surface area contributed by atoms with Crippen molar-refractivity contribution in [2.45, 2.75) is 6.92 Å². The molecule has 0 saturated carbocycles. The van der Waals surface area contributed by atoms with Crippen LogP contribution in [0.3, 0.4) is 0 Å². The molecule has 0 aromatic heterocycles. The maximum Gasteiger partial charge on any atom is 0.337 e. The summed E-state index contributed by atoms with van der Waals surface area (Å²) in [5.74, 6) is -1.89. The van der Waals surface area contributed by atoms with Crippen LogP contribution < -0.4 is 11.5 Å². The Morgan fingerprint density at radius 3 is 1.63 bits per heavy atom. The number of aromatic hydroxyl groups is 2. The number of carbonyl (C=O) groups is 3. The highest BCUT2D eigenvalue weighted by atomic mass is 35.5. The normalized spacial score (nSPS) is 9.00. The van der Waals surface area contributed by atoms with Crippen LogP contribution in [0.25, 0.3) is 0 Å². The smallest absolute Gasteiger partial charge is 0.337 e. The summed E-state index contributed by atoms with van der Waals surface area (Å²) < 4.78 is 4.44. The van der Waals surface area contributed by atoms with Crippen molar-refractivity contribution in [2.24, 2.45) is 0 Å². The molecule has 0 fully saturated rings. The molecule has 2 rings (SSSR count). The maximum absolute atomic E-state index is 10.9. The number of phenolic OH excluding ortho intramolecular Hbond substituents is 2. The highest BCUT2D eigenvalue weighted by Gasteiger charge is 2.06. The van der Waals surface area contributed by atoms with Crippen LogP contribution in [0.4, 0.5) is 11.4 Å². The van der Waals surface area contributed by atoms with Gasteiger partial charge in [-0.3, -0.25) is 4.79 Å². The Bertz CT molecular complexity index is 821. The fourth-order valence-electron chi connectivity index (χ4n) is 1.47. The van der Waals surface area contributed by atoms with Crippen LogP contribution in [0.15, 0.2) is 36.4 Å². The summed E-state index contributed by atoms with van der Waals surface area (Å²) in [4.78, 5) is 30.4. The third-order valence-electron chi connectivity index (χ3n) is 2.73. The maximum atomic E-state index is 10.9. The van der Waals surface area contributed by atoms with Crippen LogP contribution in [0.2, 0.25) is 0 Å². The number of carboxylic acid groups (broad SMARTS) is 1. The SMILES string of the molecule is CC(=O)Cl.COC(=O)c1ccc(N)c(O)c1.Nc1ccc(C(=O)O)cc1O. The summed E-state index contributed by atoms with van der Waals surface area (Å²) in [5.41, 5.74) is 11.3. The zero-order chi connectivity index (χ0) is 21.1. The van der Waals surface area contributed by atoms with E-state index in [0.29, 0.717) is 0 Å². The van der Waals surface area contributed by atoms with Crippen LogP contribution in [0.1, 0.15) is 27.6 Å². The van der Waals surface area contributed by atoms with E-state index in [0.717, 1.165) is 6.07 Å². The molecular formula is C17H19ClN2O7. The van der Waals surface area contributed by atoms with E-state index in [-0.39, 0.29) is 39.2 Å². The molecule has 27 heavy (non-hydrogen) atoms. The first-order valence-electron chi connectivity index (χ1n) is 7.14. The summed E-state index contributed by atoms with van der Waals surface area (Å²) in [6, 6.07) is 7.98. The molecule has 146 valence electrons. The van der Waals surface area contributed by atoms with Gasteiger partial charge >= 0.3 is 11.9 Å². The summed E-state index contributed by atoms with van der Waals surface area (Å²) in [6.07, 6.45) is 0. The van der Waals surface area contributed by atoms with Gasteiger partial charge in [-0.05, 0) is 48.0 Å². The fraction of sp³-hybridized carbons (Fsp3) is 0.118. The molecule has 0 aliphatic rings. The van der Waals surface area contributed by atoms with E-state index in [1.54, 1.807) is 0 Å². The van der Waals surface area contributed by atoms with E-state index in [2.05, 4.69) is 16.3 Å². The Morgan fingerprint density at radius 2 is 1.30 bits per heavy atom. The third kappa shape index (κ3) is 8.98. The Hall–Kier alpha value is -3.46. The third-order valence-corrected chi connectivity index (χ3v) is 2.73. The molecule has 2 aromatic rings. The van der Waals surface area contributed by atoms with Crippen molar-refractivity contribution in [1.29, 1.82) is 0 Å². The summed E-state index contributed by atoms with van der Waals surface area (Å²) in [6.45, 7) is 1.29. The summed E-state index contributed by atoms with van der Waals surface area (Å²) >= 11 is 4.64. The molecule has 7 N–H and O–H groups in total. The minimum Gasteiger partial charge on any atom is -0.506 e. The number of benzene rings is 2. The Morgan fingerprint density at radius 1 is 0.926 bits per heavy atom. The second kappa shape index (κ2) is 11.2. The van der Waals surface area contributed by atoms with Crippen molar-refractivity contribution in [3.05, 3.63) is 47.5 Å². The number of aromatic carboxylic acids is 1. The van der Waals surface area contributed by atoms with Gasteiger partial charge in [0.05, 0.1) is 29.6 Å². The number of esters is 1. The Labute approximate surface area is 159 Å². The molecule has 0 bridgehead atoms. The molecule has 0 aliphatic carbocycles. The number of ether oxygens (including phenoxy) is 1. The molecular weight excluding hydrogens is 380 g/mol. The van der Waals surface area contributed by atoms with Gasteiger partial charge in [-0.2, -0.15) is 0 Å². The summed E-state index contributed by atoms with van der Waals surface area (Å²) in [5, 5.41) is 26.2. The predicted molar refractivity (Wildman–Crippen MR) is 99.9 cm³/mol. The number of nitrogens with two attached hydrogens (primary N) is 2. The number of halogens is 1. The number of carboxylic acids is 1. The molecule has 0 spiro atoms. The molecule has 0 radical (unpaired) electrons. The molecule has 0 unspecified atom stereocenters. The number of carbonyl (C=O) groups excluding carboxylic acids is 2. The zero-order valence-electron chi connectivity index (χ0n) is 14.5. The highest BCUT2D eigenvalue weighted by Crippen LogP contribution is 2.21. The molecule has 10 heteroatoms. The van der Waals surface area contributed by atoms with Crippen LogP contribution in [-0.4, -0.2) is 39.6 Å². The van der Waals surface area contributed by atoms with Gasteiger partial charge in [0.1, 0.15) is 11.5 Å². The first-order chi connectivity index (χ1) is 12.5. The van der Waals surface area contributed by atoms with Crippen molar-refractivity contribution in [1.82, 2.24) is 0 Å². The van der Waals surface area contributed by atoms with E-state index in [9.17, 15) is 14.4 Å². The van der Waals surface area contributed by atoms with Gasteiger partial charge < -0.3 is 31.5 Å². The molecule has 0 atom stereocenters. The lowest BCUT2D eigenvalue weighted by Gasteiger charge is -2.01. The second-order valence-corrected chi connectivity index (χ2v) is 5.35. The van der Waals surface area contributed by atoms with Crippen LogP contribution in [0.5, 0.6) is 11.5 Å². The van der Waals surface area contributed by atoms with E-state index in [1.165, 1.54) is 44.4 Å². The fourth-order valence-corrected chi connectivity index (χ4v) is 1.47. The van der Waals surface area contributed by atoms with Crippen molar-refractivity contribution in [2.75, 3.05) is 18.6 Å². The molecule has 0 saturated heterocycles.